The van der Waals surface area contributed by atoms with Crippen molar-refractivity contribution in [3.63, 3.8) is 0 Å². The van der Waals surface area contributed by atoms with Crippen molar-refractivity contribution < 1.29 is 9.90 Å². The van der Waals surface area contributed by atoms with E-state index in [-0.39, 0.29) is 0 Å². The molecule has 3 rings (SSSR count). The SMILES string of the molecule is C=C/C=N\C(=C/C)Nc1cc(CCc2cc(NC=O)ccc2C)[nH]n1.Cc1ccnc(C(C)(C)O)c1. The molecule has 190 valence electrons. The van der Waals surface area contributed by atoms with E-state index in [2.05, 4.69) is 44.3 Å². The van der Waals surface area contributed by atoms with Gasteiger partial charge in [-0.2, -0.15) is 5.10 Å². The molecule has 1 aromatic carbocycles. The van der Waals surface area contributed by atoms with E-state index in [0.29, 0.717) is 12.2 Å². The molecule has 0 aliphatic rings. The number of pyridine rings is 1. The number of rotatable bonds is 10. The topological polar surface area (TPSA) is 115 Å². The minimum absolute atomic E-state index is 0.689. The number of nitrogens with one attached hydrogen (secondary N) is 3. The van der Waals surface area contributed by atoms with Gasteiger partial charge in [0.1, 0.15) is 11.4 Å². The molecule has 2 aromatic heterocycles. The molecule has 36 heavy (non-hydrogen) atoms. The first-order valence-corrected chi connectivity index (χ1v) is 11.7. The molecule has 0 radical (unpaired) electrons. The number of nitrogens with zero attached hydrogens (tertiary/aromatic N) is 3. The van der Waals surface area contributed by atoms with Crippen LogP contribution in [0.15, 0.2) is 72.1 Å². The second-order valence-electron chi connectivity index (χ2n) is 8.77. The van der Waals surface area contributed by atoms with Gasteiger partial charge in [-0.1, -0.05) is 18.7 Å². The number of hydrogen-bond acceptors (Lipinski definition) is 6. The number of aliphatic hydroxyl groups is 1. The van der Waals surface area contributed by atoms with Crippen molar-refractivity contribution in [2.75, 3.05) is 10.6 Å². The van der Waals surface area contributed by atoms with Gasteiger partial charge in [-0.05, 0) is 94.5 Å². The van der Waals surface area contributed by atoms with Crippen LogP contribution in [0.1, 0.15) is 48.8 Å². The highest BCUT2D eigenvalue weighted by Gasteiger charge is 2.16. The molecule has 0 saturated heterocycles. The van der Waals surface area contributed by atoms with Crippen LogP contribution >= 0.6 is 0 Å². The fourth-order valence-electron chi connectivity index (χ4n) is 3.24. The van der Waals surface area contributed by atoms with Gasteiger partial charge in [-0.15, -0.1) is 0 Å². The lowest BCUT2D eigenvalue weighted by atomic mass is 10.0. The number of aromatic amines is 1. The Labute approximate surface area is 213 Å². The van der Waals surface area contributed by atoms with Crippen molar-refractivity contribution in [1.29, 1.82) is 0 Å². The van der Waals surface area contributed by atoms with Gasteiger partial charge in [0.2, 0.25) is 6.41 Å². The third kappa shape index (κ3) is 9.31. The van der Waals surface area contributed by atoms with Crippen molar-refractivity contribution in [2.24, 2.45) is 4.99 Å². The monoisotopic (exact) mass is 488 g/mol. The Hall–Kier alpha value is -4.04. The Morgan fingerprint density at radius 2 is 1.97 bits per heavy atom. The first-order valence-electron chi connectivity index (χ1n) is 11.7. The summed E-state index contributed by atoms with van der Waals surface area (Å²) in [5, 5.41) is 22.7. The molecule has 1 amide bonds. The summed E-state index contributed by atoms with van der Waals surface area (Å²) >= 11 is 0. The molecule has 0 saturated carbocycles. The summed E-state index contributed by atoms with van der Waals surface area (Å²) in [6.07, 6.45) is 9.19. The van der Waals surface area contributed by atoms with Gasteiger partial charge in [0.15, 0.2) is 5.82 Å². The quantitative estimate of drug-likeness (QED) is 0.231. The second kappa shape index (κ2) is 13.7. The van der Waals surface area contributed by atoms with E-state index in [0.717, 1.165) is 41.3 Å². The lowest BCUT2D eigenvalue weighted by molar-refractivity contribution is -0.105. The Morgan fingerprint density at radius 1 is 1.19 bits per heavy atom. The van der Waals surface area contributed by atoms with E-state index in [4.69, 9.17) is 0 Å². The first kappa shape index (κ1) is 28.2. The number of aliphatic imine (C=N–C) groups is 1. The number of carbonyl (C=O) groups is 1. The largest absolute Gasteiger partial charge is 0.384 e. The first-order chi connectivity index (χ1) is 17.2. The van der Waals surface area contributed by atoms with Gasteiger partial charge in [-0.3, -0.25) is 14.9 Å². The van der Waals surface area contributed by atoms with Crippen LogP contribution in [0.3, 0.4) is 0 Å². The highest BCUT2D eigenvalue weighted by Crippen LogP contribution is 2.18. The third-order valence-corrected chi connectivity index (χ3v) is 5.26. The lowest BCUT2D eigenvalue weighted by Gasteiger charge is -2.16. The van der Waals surface area contributed by atoms with Crippen molar-refractivity contribution in [3.8, 4) is 0 Å². The van der Waals surface area contributed by atoms with Crippen molar-refractivity contribution in [3.05, 3.63) is 95.2 Å². The summed E-state index contributed by atoms with van der Waals surface area (Å²) in [5.41, 5.74) is 5.24. The number of hydrogen-bond donors (Lipinski definition) is 4. The van der Waals surface area contributed by atoms with E-state index in [9.17, 15) is 9.90 Å². The molecule has 0 spiro atoms. The van der Waals surface area contributed by atoms with Crippen LogP contribution in [0.4, 0.5) is 11.5 Å². The number of aryl methyl sites for hydroxylation is 4. The molecule has 0 fully saturated rings. The molecule has 0 aliphatic heterocycles. The van der Waals surface area contributed by atoms with E-state index >= 15 is 0 Å². The molecule has 0 aliphatic carbocycles. The average Bonchev–Trinajstić information content (AvgIpc) is 3.29. The highest BCUT2D eigenvalue weighted by molar-refractivity contribution is 5.72. The average molecular weight is 489 g/mol. The molecule has 8 nitrogen and oxygen atoms in total. The number of benzene rings is 1. The molecular formula is C28H36N6O2. The number of H-pyrrole nitrogens is 1. The third-order valence-electron chi connectivity index (χ3n) is 5.26. The van der Waals surface area contributed by atoms with Crippen LogP contribution in [0.2, 0.25) is 0 Å². The van der Waals surface area contributed by atoms with Crippen molar-refractivity contribution in [1.82, 2.24) is 15.2 Å². The summed E-state index contributed by atoms with van der Waals surface area (Å²) in [5.74, 6) is 1.43. The predicted molar refractivity (Wildman–Crippen MR) is 147 cm³/mol. The smallest absolute Gasteiger partial charge is 0.211 e. The highest BCUT2D eigenvalue weighted by atomic mass is 16.3. The fourth-order valence-corrected chi connectivity index (χ4v) is 3.24. The van der Waals surface area contributed by atoms with E-state index in [1.54, 1.807) is 32.3 Å². The maximum Gasteiger partial charge on any atom is 0.211 e. The summed E-state index contributed by atoms with van der Waals surface area (Å²) < 4.78 is 0. The number of amides is 1. The molecule has 0 bridgehead atoms. The predicted octanol–water partition coefficient (Wildman–Crippen LogP) is 5.22. The van der Waals surface area contributed by atoms with Gasteiger partial charge in [0.05, 0.1) is 5.69 Å². The molecule has 3 aromatic rings. The molecule has 4 N–H and O–H groups in total. The van der Waals surface area contributed by atoms with E-state index in [1.807, 2.05) is 56.3 Å². The molecular weight excluding hydrogens is 452 g/mol. The summed E-state index contributed by atoms with van der Waals surface area (Å²) in [7, 11) is 0. The number of anilines is 2. The van der Waals surface area contributed by atoms with Crippen LogP contribution in [0.25, 0.3) is 0 Å². The zero-order valence-electron chi connectivity index (χ0n) is 21.7. The zero-order chi connectivity index (χ0) is 26.6. The van der Waals surface area contributed by atoms with Crippen molar-refractivity contribution in [2.45, 2.75) is 53.1 Å². The van der Waals surface area contributed by atoms with Gasteiger partial charge in [0.25, 0.3) is 0 Å². The van der Waals surface area contributed by atoms with E-state index in [1.165, 1.54) is 11.1 Å². The molecule has 2 heterocycles. The van der Waals surface area contributed by atoms with Crippen LogP contribution in [-0.4, -0.2) is 32.9 Å². The van der Waals surface area contributed by atoms with Crippen LogP contribution in [-0.2, 0) is 23.2 Å². The van der Waals surface area contributed by atoms with E-state index < -0.39 is 5.60 Å². The maximum atomic E-state index is 10.6. The minimum atomic E-state index is -0.827. The maximum absolute atomic E-state index is 10.6. The molecule has 0 atom stereocenters. The van der Waals surface area contributed by atoms with Crippen LogP contribution in [0.5, 0.6) is 0 Å². The number of allylic oxidation sites excluding steroid dienone is 2. The van der Waals surface area contributed by atoms with Crippen LogP contribution < -0.4 is 10.6 Å². The standard InChI is InChI=1S/C19H23N5O.C9H13NO/c1-4-10-20-18(5-2)22-19-12-17(23-24-19)9-7-15-11-16(21-13-25)8-6-14(15)3;1-7-4-5-10-8(6-7)9(2,3)11/h4-6,8,10-13H,1,7,9H2,2-3H3,(H,21,25)(H2,22,23,24);4-6,11H,1-3H3/b18-5+,20-10-;. The summed E-state index contributed by atoms with van der Waals surface area (Å²) in [6.45, 7) is 13.0. The summed E-state index contributed by atoms with van der Waals surface area (Å²) in [4.78, 5) is 18.9. The normalized spacial score (nSPS) is 11.6. The Balaban J connectivity index is 0.000000346. The Bertz CT molecular complexity index is 1200. The fraction of sp³-hybridized carbons (Fsp3) is 0.286. The minimum Gasteiger partial charge on any atom is -0.384 e. The van der Waals surface area contributed by atoms with Gasteiger partial charge in [-0.25, -0.2) is 4.99 Å². The lowest BCUT2D eigenvalue weighted by Crippen LogP contribution is -2.17. The van der Waals surface area contributed by atoms with Crippen LogP contribution in [0, 0.1) is 13.8 Å². The Kier molecular flexibility index (Phi) is 10.8. The van der Waals surface area contributed by atoms with Crippen molar-refractivity contribution >= 4 is 24.1 Å². The number of aromatic nitrogens is 3. The summed E-state index contributed by atoms with van der Waals surface area (Å²) in [6, 6.07) is 11.7. The van der Waals surface area contributed by atoms with Gasteiger partial charge < -0.3 is 15.7 Å². The Morgan fingerprint density at radius 3 is 2.58 bits per heavy atom. The zero-order valence-corrected chi connectivity index (χ0v) is 21.7. The van der Waals surface area contributed by atoms with Gasteiger partial charge >= 0.3 is 0 Å². The molecule has 8 heteroatoms. The second-order valence-corrected chi connectivity index (χ2v) is 8.77. The van der Waals surface area contributed by atoms with Gasteiger partial charge in [0, 0.05) is 29.9 Å². The number of carbonyl (C=O) groups excluding carboxylic acids is 1. The molecule has 0 unspecified atom stereocenters.